The van der Waals surface area contributed by atoms with Crippen molar-refractivity contribution < 1.29 is 28.5 Å². The summed E-state index contributed by atoms with van der Waals surface area (Å²) in [6.07, 6.45) is 11.4. The van der Waals surface area contributed by atoms with Crippen LogP contribution in [0.4, 0.5) is 0 Å². The monoisotopic (exact) mass is 606 g/mol. The molecule has 232 valence electrons. The van der Waals surface area contributed by atoms with Crippen molar-refractivity contribution in [3.63, 3.8) is 0 Å². The molecule has 2 aromatic rings. The van der Waals surface area contributed by atoms with Gasteiger partial charge in [0.2, 0.25) is 0 Å². The minimum absolute atomic E-state index is 0.0154. The SMILES string of the molecule is COc1cccc(C23CN(C)C4OC(=O)/C=C\C(=O)OC5C6C7C=CC(C6(c6cccc(OC)c6)CN5C)C75C(C=CC25)C43)c1. The third-order valence-electron chi connectivity index (χ3n) is 12.9. The van der Waals surface area contributed by atoms with Crippen LogP contribution in [0.1, 0.15) is 11.1 Å². The van der Waals surface area contributed by atoms with Gasteiger partial charge >= 0.3 is 11.9 Å². The first-order valence-corrected chi connectivity index (χ1v) is 16.0. The summed E-state index contributed by atoms with van der Waals surface area (Å²) in [5.74, 6) is 1.24. The fourth-order valence-electron chi connectivity index (χ4n) is 11.9. The Morgan fingerprint density at radius 2 is 1.13 bits per heavy atom. The second-order valence-electron chi connectivity index (χ2n) is 14.2. The molecular formula is C37H38N2O6. The highest BCUT2D eigenvalue weighted by atomic mass is 16.6. The van der Waals surface area contributed by atoms with Crippen LogP contribution in [0, 0.1) is 40.9 Å². The number of esters is 2. The van der Waals surface area contributed by atoms with E-state index in [4.69, 9.17) is 18.9 Å². The van der Waals surface area contributed by atoms with E-state index in [-0.39, 0.29) is 51.8 Å². The summed E-state index contributed by atoms with van der Waals surface area (Å²) in [5, 5.41) is 0. The average molecular weight is 607 g/mol. The molecule has 4 fully saturated rings. The minimum atomic E-state index is -0.526. The van der Waals surface area contributed by atoms with Crippen molar-refractivity contribution in [1.82, 2.24) is 9.80 Å². The zero-order valence-corrected chi connectivity index (χ0v) is 26.0. The van der Waals surface area contributed by atoms with E-state index in [1.165, 1.54) is 23.3 Å². The fourth-order valence-corrected chi connectivity index (χ4v) is 11.9. The van der Waals surface area contributed by atoms with Crippen molar-refractivity contribution in [2.45, 2.75) is 23.3 Å². The predicted octanol–water partition coefficient (Wildman–Crippen LogP) is 3.93. The van der Waals surface area contributed by atoms with Crippen molar-refractivity contribution in [1.29, 1.82) is 0 Å². The predicted molar refractivity (Wildman–Crippen MR) is 165 cm³/mol. The summed E-state index contributed by atoms with van der Waals surface area (Å²) in [4.78, 5) is 31.0. The lowest BCUT2D eigenvalue weighted by Gasteiger charge is -2.45. The molecule has 9 rings (SSSR count). The van der Waals surface area contributed by atoms with Gasteiger partial charge in [-0.3, -0.25) is 9.80 Å². The number of likely N-dealkylation sites (N-methyl/N-ethyl adjacent to an activating group) is 2. The number of hydrogen-bond donors (Lipinski definition) is 0. The van der Waals surface area contributed by atoms with Crippen molar-refractivity contribution >= 4 is 11.9 Å². The maximum Gasteiger partial charge on any atom is 0.332 e. The fraction of sp³-hybridized carbons (Fsp3) is 0.459. The number of fused-ring (bicyclic) bond motifs is 2. The standard InChI is InChI=1S/C37H38N2O6/c1-38-19-35(21-7-5-9-23(17-21)42-3)27-13-11-25-31(35)33(38)44-29(40)15-16-30(41)45-34-32-26-12-14-28(37(25,26)27)36(32,20-39(34)2)22-8-6-10-24(18-22)43-4/h5-18,25-28,31-34H,19-20H2,1-4H3/b16-15-. The molecule has 2 saturated heterocycles. The van der Waals surface area contributed by atoms with Gasteiger partial charge in [0, 0.05) is 47.9 Å². The molecule has 0 radical (unpaired) electrons. The molecule has 8 nitrogen and oxygen atoms in total. The Hall–Kier alpha value is -3.88. The Morgan fingerprint density at radius 3 is 1.56 bits per heavy atom. The van der Waals surface area contributed by atoms with Gasteiger partial charge < -0.3 is 18.9 Å². The topological polar surface area (TPSA) is 77.5 Å². The van der Waals surface area contributed by atoms with Crippen LogP contribution in [0.25, 0.3) is 0 Å². The minimum Gasteiger partial charge on any atom is -0.497 e. The van der Waals surface area contributed by atoms with Crippen molar-refractivity contribution in [2.24, 2.45) is 40.9 Å². The van der Waals surface area contributed by atoms with E-state index in [1.54, 1.807) is 14.2 Å². The summed E-state index contributed by atoms with van der Waals surface area (Å²) >= 11 is 0. The zero-order chi connectivity index (χ0) is 30.9. The molecule has 10 atom stereocenters. The van der Waals surface area contributed by atoms with Gasteiger partial charge in [0.15, 0.2) is 12.5 Å². The maximum atomic E-state index is 13.3. The molecule has 0 N–H and O–H groups in total. The molecule has 8 heteroatoms. The molecule has 10 unspecified atom stereocenters. The van der Waals surface area contributed by atoms with E-state index in [1.807, 2.05) is 12.1 Å². The Bertz CT molecular complexity index is 1590. The Balaban J connectivity index is 1.32. The second kappa shape index (κ2) is 9.10. The molecule has 0 amide bonds. The van der Waals surface area contributed by atoms with Crippen LogP contribution < -0.4 is 9.47 Å². The Kier molecular flexibility index (Phi) is 5.55. The number of benzene rings is 2. The molecule has 2 aromatic carbocycles. The second-order valence-corrected chi connectivity index (χ2v) is 14.2. The van der Waals surface area contributed by atoms with Gasteiger partial charge in [0.25, 0.3) is 0 Å². The summed E-state index contributed by atoms with van der Waals surface area (Å²) in [6, 6.07) is 17.0. The van der Waals surface area contributed by atoms with E-state index >= 15 is 0 Å². The highest BCUT2D eigenvalue weighted by molar-refractivity contribution is 5.92. The van der Waals surface area contributed by atoms with E-state index in [0.29, 0.717) is 0 Å². The quantitative estimate of drug-likeness (QED) is 0.383. The number of allylic oxidation sites excluding steroid dienone is 4. The third kappa shape index (κ3) is 3.10. The molecule has 3 aliphatic heterocycles. The van der Waals surface area contributed by atoms with Gasteiger partial charge in [0.05, 0.1) is 14.2 Å². The first-order chi connectivity index (χ1) is 21.8. The number of carbonyl (C=O) groups excluding carboxylic acids is 2. The normalized spacial score (nSPS) is 44.4. The molecule has 45 heavy (non-hydrogen) atoms. The van der Waals surface area contributed by atoms with Gasteiger partial charge in [-0.15, -0.1) is 0 Å². The summed E-state index contributed by atoms with van der Waals surface area (Å²) in [6.45, 7) is 1.49. The van der Waals surface area contributed by atoms with Crippen molar-refractivity contribution in [2.75, 3.05) is 41.4 Å². The molecule has 0 aromatic heterocycles. The Labute approximate surface area is 263 Å². The van der Waals surface area contributed by atoms with Crippen LogP contribution >= 0.6 is 0 Å². The average Bonchev–Trinajstić information content (AvgIpc) is 3.86. The van der Waals surface area contributed by atoms with Crippen molar-refractivity contribution in [3.8, 4) is 11.5 Å². The number of ether oxygens (including phenoxy) is 4. The molecule has 2 saturated carbocycles. The number of nitrogens with zero attached hydrogens (tertiary/aromatic N) is 2. The number of methoxy groups -OCH3 is 2. The molecular weight excluding hydrogens is 568 g/mol. The van der Waals surface area contributed by atoms with Gasteiger partial charge in [-0.25, -0.2) is 9.59 Å². The lowest BCUT2D eigenvalue weighted by molar-refractivity contribution is -0.156. The molecule has 4 aliphatic carbocycles. The van der Waals surface area contributed by atoms with Crippen LogP contribution in [0.15, 0.2) is 85.0 Å². The maximum absolute atomic E-state index is 13.3. The van der Waals surface area contributed by atoms with Crippen LogP contribution in [-0.4, -0.2) is 75.6 Å². The van der Waals surface area contributed by atoms with Crippen LogP contribution in [0.2, 0.25) is 0 Å². The lowest BCUT2D eigenvalue weighted by Crippen LogP contribution is -2.47. The Morgan fingerprint density at radius 1 is 0.689 bits per heavy atom. The van der Waals surface area contributed by atoms with Gasteiger partial charge in [-0.05, 0) is 78.6 Å². The first kappa shape index (κ1) is 27.4. The summed E-state index contributed by atoms with van der Waals surface area (Å²) < 4.78 is 24.1. The molecule has 1 spiro atoms. The molecule has 7 aliphatic rings. The summed E-state index contributed by atoms with van der Waals surface area (Å²) in [5.41, 5.74) is 1.65. The number of carbonyl (C=O) groups is 2. The van der Waals surface area contributed by atoms with Crippen LogP contribution in [0.5, 0.6) is 11.5 Å². The van der Waals surface area contributed by atoms with Crippen LogP contribution in [-0.2, 0) is 29.9 Å². The number of hydrogen-bond acceptors (Lipinski definition) is 8. The van der Waals surface area contributed by atoms with E-state index < -0.39 is 24.4 Å². The summed E-state index contributed by atoms with van der Waals surface area (Å²) in [7, 11) is 7.54. The molecule has 7 bridgehead atoms. The first-order valence-electron chi connectivity index (χ1n) is 16.0. The van der Waals surface area contributed by atoms with Gasteiger partial charge in [-0.2, -0.15) is 0 Å². The van der Waals surface area contributed by atoms with Gasteiger partial charge in [-0.1, -0.05) is 48.6 Å². The zero-order valence-electron chi connectivity index (χ0n) is 26.0. The lowest BCUT2D eigenvalue weighted by atomic mass is 9.59. The van der Waals surface area contributed by atoms with Gasteiger partial charge in [0.1, 0.15) is 11.5 Å². The van der Waals surface area contributed by atoms with E-state index in [2.05, 4.69) is 84.6 Å². The number of rotatable bonds is 4. The van der Waals surface area contributed by atoms with Crippen molar-refractivity contribution in [3.05, 3.63) is 96.1 Å². The largest absolute Gasteiger partial charge is 0.497 e. The smallest absolute Gasteiger partial charge is 0.332 e. The van der Waals surface area contributed by atoms with E-state index in [0.717, 1.165) is 24.6 Å². The molecule has 3 heterocycles. The highest BCUT2D eigenvalue weighted by Crippen LogP contribution is 2.83. The van der Waals surface area contributed by atoms with E-state index in [9.17, 15) is 9.59 Å². The third-order valence-corrected chi connectivity index (χ3v) is 12.9. The highest BCUT2D eigenvalue weighted by Gasteiger charge is 2.85. The number of likely N-dealkylation sites (tertiary alicyclic amines) is 2. The van der Waals surface area contributed by atoms with Crippen LogP contribution in [0.3, 0.4) is 0 Å².